The van der Waals surface area contributed by atoms with Crippen LogP contribution in [0.15, 0.2) is 53.4 Å². The molecular weight excluding hydrogens is 446 g/mol. The highest BCUT2D eigenvalue weighted by atomic mass is 32.2. The van der Waals surface area contributed by atoms with Gasteiger partial charge in [0.25, 0.3) is 5.91 Å². The van der Waals surface area contributed by atoms with Gasteiger partial charge in [-0.2, -0.15) is 0 Å². The number of ether oxygens (including phenoxy) is 2. The highest BCUT2D eigenvalue weighted by molar-refractivity contribution is 7.89. The molecule has 0 atom stereocenters. The maximum Gasteiger partial charge on any atom is 0.409 e. The fraction of sp³-hybridized carbons (Fsp3) is 0.391. The molecule has 1 saturated heterocycles. The third-order valence-corrected chi connectivity index (χ3v) is 6.67. The van der Waals surface area contributed by atoms with E-state index < -0.39 is 10.0 Å². The van der Waals surface area contributed by atoms with E-state index in [2.05, 4.69) is 4.72 Å². The second kappa shape index (κ2) is 11.2. The van der Waals surface area contributed by atoms with Crippen molar-refractivity contribution in [3.63, 3.8) is 0 Å². The molecule has 0 spiro atoms. The van der Waals surface area contributed by atoms with E-state index in [0.29, 0.717) is 44.1 Å². The normalized spacial score (nSPS) is 14.1. The van der Waals surface area contributed by atoms with Gasteiger partial charge in [0, 0.05) is 32.7 Å². The lowest BCUT2D eigenvalue weighted by atomic mass is 10.2. The molecule has 2 amide bonds. The highest BCUT2D eigenvalue weighted by Gasteiger charge is 2.25. The summed E-state index contributed by atoms with van der Waals surface area (Å²) in [5, 5.41) is 0. The monoisotopic (exact) mass is 475 g/mol. The molecule has 0 saturated carbocycles. The quantitative estimate of drug-likeness (QED) is 0.627. The zero-order valence-electron chi connectivity index (χ0n) is 18.8. The van der Waals surface area contributed by atoms with Crippen molar-refractivity contribution < 1.29 is 27.5 Å². The van der Waals surface area contributed by atoms with Crippen molar-refractivity contribution in [3.8, 4) is 5.75 Å². The van der Waals surface area contributed by atoms with Gasteiger partial charge >= 0.3 is 6.09 Å². The molecule has 1 fully saturated rings. The molecule has 0 aromatic heterocycles. The van der Waals surface area contributed by atoms with Gasteiger partial charge in [0.1, 0.15) is 5.75 Å². The Balaban J connectivity index is 1.52. The Hall–Kier alpha value is -3.11. The molecule has 33 heavy (non-hydrogen) atoms. The molecular formula is C23H29N3O6S. The maximum atomic E-state index is 12.6. The van der Waals surface area contributed by atoms with Crippen LogP contribution in [0, 0.1) is 6.92 Å². The summed E-state index contributed by atoms with van der Waals surface area (Å²) in [6.07, 6.45) is -0.371. The summed E-state index contributed by atoms with van der Waals surface area (Å²) < 4.78 is 38.4. The van der Waals surface area contributed by atoms with Gasteiger partial charge in [0.2, 0.25) is 10.0 Å². The van der Waals surface area contributed by atoms with Crippen molar-refractivity contribution in [2.24, 2.45) is 0 Å². The van der Waals surface area contributed by atoms with Gasteiger partial charge in [-0.3, -0.25) is 4.79 Å². The number of hydrogen-bond donors (Lipinski definition) is 1. The molecule has 2 aromatic carbocycles. The number of aryl methyl sites for hydroxylation is 1. The van der Waals surface area contributed by atoms with Crippen molar-refractivity contribution in [2.75, 3.05) is 39.4 Å². The van der Waals surface area contributed by atoms with E-state index >= 15 is 0 Å². The van der Waals surface area contributed by atoms with Gasteiger partial charge in [0.05, 0.1) is 11.5 Å². The molecule has 1 N–H and O–H groups in total. The predicted octanol–water partition coefficient (Wildman–Crippen LogP) is 2.15. The minimum atomic E-state index is -3.69. The average Bonchev–Trinajstić information content (AvgIpc) is 2.82. The molecule has 1 heterocycles. The van der Waals surface area contributed by atoms with Crippen LogP contribution in [-0.4, -0.2) is 69.6 Å². The molecule has 10 heteroatoms. The number of hydrogen-bond acceptors (Lipinski definition) is 6. The number of carbonyl (C=O) groups is 2. The van der Waals surface area contributed by atoms with E-state index in [4.69, 9.17) is 9.47 Å². The van der Waals surface area contributed by atoms with E-state index in [-0.39, 0.29) is 30.0 Å². The number of nitrogens with zero attached hydrogens (tertiary/aromatic N) is 2. The molecule has 0 unspecified atom stereocenters. The van der Waals surface area contributed by atoms with E-state index in [1.54, 1.807) is 29.7 Å². The van der Waals surface area contributed by atoms with Crippen LogP contribution >= 0.6 is 0 Å². The van der Waals surface area contributed by atoms with Crippen molar-refractivity contribution in [1.29, 1.82) is 0 Å². The number of carbonyl (C=O) groups excluding carboxylic acids is 2. The summed E-state index contributed by atoms with van der Waals surface area (Å²) in [5.74, 6) is 0.245. The summed E-state index contributed by atoms with van der Waals surface area (Å²) in [5.41, 5.74) is 1.47. The minimum absolute atomic E-state index is 0.129. The first-order chi connectivity index (χ1) is 15.8. The minimum Gasteiger partial charge on any atom is -0.483 e. The molecule has 2 aromatic rings. The first-order valence-electron chi connectivity index (χ1n) is 10.8. The Labute approximate surface area is 194 Å². The molecule has 1 aliphatic heterocycles. The number of piperazine rings is 1. The number of sulfonamides is 1. The predicted molar refractivity (Wildman–Crippen MR) is 122 cm³/mol. The molecule has 0 bridgehead atoms. The highest BCUT2D eigenvalue weighted by Crippen LogP contribution is 2.22. The second-order valence-corrected chi connectivity index (χ2v) is 9.36. The number of benzene rings is 2. The van der Waals surface area contributed by atoms with Gasteiger partial charge in [0.15, 0.2) is 6.61 Å². The maximum absolute atomic E-state index is 12.6. The zero-order valence-corrected chi connectivity index (χ0v) is 19.6. The Morgan fingerprint density at radius 3 is 2.30 bits per heavy atom. The Kier molecular flexibility index (Phi) is 8.29. The third kappa shape index (κ3) is 6.69. The van der Waals surface area contributed by atoms with Crippen LogP contribution < -0.4 is 9.46 Å². The fourth-order valence-electron chi connectivity index (χ4n) is 3.39. The summed E-state index contributed by atoms with van der Waals surface area (Å²) in [7, 11) is -3.69. The smallest absolute Gasteiger partial charge is 0.409 e. The average molecular weight is 476 g/mol. The first-order valence-corrected chi connectivity index (χ1v) is 12.2. The number of nitrogens with one attached hydrogen (secondary N) is 1. The van der Waals surface area contributed by atoms with Gasteiger partial charge in [-0.25, -0.2) is 17.9 Å². The topological polar surface area (TPSA) is 105 Å². The van der Waals surface area contributed by atoms with Crippen LogP contribution in [0.3, 0.4) is 0 Å². The molecule has 1 aliphatic rings. The van der Waals surface area contributed by atoms with Crippen LogP contribution in [0.5, 0.6) is 5.75 Å². The summed E-state index contributed by atoms with van der Waals surface area (Å²) in [6, 6.07) is 13.8. The van der Waals surface area contributed by atoms with Crippen molar-refractivity contribution in [2.45, 2.75) is 25.3 Å². The first kappa shape index (κ1) is 24.5. The van der Waals surface area contributed by atoms with Crippen LogP contribution in [0.2, 0.25) is 0 Å². The molecule has 0 aliphatic carbocycles. The summed E-state index contributed by atoms with van der Waals surface area (Å²) in [6.45, 7) is 5.45. The Morgan fingerprint density at radius 2 is 1.67 bits per heavy atom. The summed E-state index contributed by atoms with van der Waals surface area (Å²) in [4.78, 5) is 27.6. The summed E-state index contributed by atoms with van der Waals surface area (Å²) >= 11 is 0. The van der Waals surface area contributed by atoms with E-state index in [9.17, 15) is 18.0 Å². The largest absolute Gasteiger partial charge is 0.483 e. The second-order valence-electron chi connectivity index (χ2n) is 7.59. The SMILES string of the molecule is CCOC(=O)N1CCN(C(=O)COc2ccc(S(=O)(=O)NCc3ccccc3)cc2C)CC1. The van der Waals surface area contributed by atoms with Crippen LogP contribution in [0.1, 0.15) is 18.1 Å². The molecule has 0 radical (unpaired) electrons. The fourth-order valence-corrected chi connectivity index (χ4v) is 4.49. The van der Waals surface area contributed by atoms with Gasteiger partial charge in [-0.15, -0.1) is 0 Å². The molecule has 178 valence electrons. The van der Waals surface area contributed by atoms with Gasteiger partial charge in [-0.05, 0) is 43.2 Å². The van der Waals surface area contributed by atoms with Crippen LogP contribution in [-0.2, 0) is 26.1 Å². The van der Waals surface area contributed by atoms with Crippen molar-refractivity contribution in [1.82, 2.24) is 14.5 Å². The van der Waals surface area contributed by atoms with Crippen molar-refractivity contribution in [3.05, 3.63) is 59.7 Å². The number of rotatable bonds is 8. The van der Waals surface area contributed by atoms with Crippen LogP contribution in [0.4, 0.5) is 4.79 Å². The van der Waals surface area contributed by atoms with Gasteiger partial charge < -0.3 is 19.3 Å². The third-order valence-electron chi connectivity index (χ3n) is 5.28. The Bertz CT molecular complexity index is 1070. The number of amides is 2. The lowest BCUT2D eigenvalue weighted by Gasteiger charge is -2.34. The lowest BCUT2D eigenvalue weighted by Crippen LogP contribution is -2.51. The molecule has 9 nitrogen and oxygen atoms in total. The Morgan fingerprint density at radius 1 is 1.00 bits per heavy atom. The standard InChI is InChI=1S/C23H29N3O6S/c1-3-31-23(28)26-13-11-25(12-14-26)22(27)17-32-21-10-9-20(15-18(21)2)33(29,30)24-16-19-7-5-4-6-8-19/h4-10,15,24H,3,11-14,16-17H2,1-2H3. The van der Waals surface area contributed by atoms with Crippen molar-refractivity contribution >= 4 is 22.0 Å². The van der Waals surface area contributed by atoms with Crippen LogP contribution in [0.25, 0.3) is 0 Å². The van der Waals surface area contributed by atoms with E-state index in [0.717, 1.165) is 5.56 Å². The zero-order chi connectivity index (χ0) is 23.8. The van der Waals surface area contributed by atoms with Gasteiger partial charge in [-0.1, -0.05) is 30.3 Å². The van der Waals surface area contributed by atoms with E-state index in [1.165, 1.54) is 12.1 Å². The van der Waals surface area contributed by atoms with E-state index in [1.807, 2.05) is 30.3 Å². The lowest BCUT2D eigenvalue weighted by molar-refractivity contribution is -0.134. The molecule has 3 rings (SSSR count).